The third-order valence-electron chi connectivity index (χ3n) is 1.92. The molecule has 1 aromatic rings. The second kappa shape index (κ2) is 3.77. The van der Waals surface area contributed by atoms with Gasteiger partial charge in [0.2, 0.25) is 0 Å². The van der Waals surface area contributed by atoms with E-state index in [2.05, 4.69) is 42.9 Å². The van der Waals surface area contributed by atoms with E-state index in [0.717, 1.165) is 0 Å². The third-order valence-corrected chi connectivity index (χ3v) is 2.60. The van der Waals surface area contributed by atoms with Crippen molar-refractivity contribution in [2.75, 3.05) is 5.32 Å². The summed E-state index contributed by atoms with van der Waals surface area (Å²) in [5, 5.41) is 7.66. The average molecular weight is 169 g/mol. The van der Waals surface area contributed by atoms with Gasteiger partial charge in [-0.25, -0.2) is 0 Å². The Morgan fingerprint density at radius 2 is 2.09 bits per heavy atom. The Labute approximate surface area is 72.4 Å². The molecule has 0 spiro atoms. The first-order valence-corrected chi connectivity index (χ1v) is 4.93. The van der Waals surface area contributed by atoms with Crippen LogP contribution in [0.15, 0.2) is 16.8 Å². The smallest absolute Gasteiger partial charge is 0.0450 e. The van der Waals surface area contributed by atoms with Crippen molar-refractivity contribution in [1.82, 2.24) is 0 Å². The van der Waals surface area contributed by atoms with Crippen LogP contribution in [0.25, 0.3) is 0 Å². The highest BCUT2D eigenvalue weighted by Gasteiger charge is 2.05. The van der Waals surface area contributed by atoms with Crippen LogP contribution in [0.1, 0.15) is 20.8 Å². The van der Waals surface area contributed by atoms with Gasteiger partial charge in [0.15, 0.2) is 0 Å². The molecule has 11 heavy (non-hydrogen) atoms. The van der Waals surface area contributed by atoms with Crippen molar-refractivity contribution < 1.29 is 0 Å². The monoisotopic (exact) mass is 169 g/mol. The highest BCUT2D eigenvalue weighted by atomic mass is 32.1. The predicted octanol–water partition coefficient (Wildman–Crippen LogP) is 3.20. The maximum absolute atomic E-state index is 3.43. The average Bonchev–Trinajstić information content (AvgIpc) is 2.39. The predicted molar refractivity (Wildman–Crippen MR) is 52.2 cm³/mol. The van der Waals surface area contributed by atoms with E-state index in [-0.39, 0.29) is 0 Å². The first-order valence-electron chi connectivity index (χ1n) is 3.99. The highest BCUT2D eigenvalue weighted by molar-refractivity contribution is 7.08. The Bertz CT molecular complexity index is 191. The number of hydrogen-bond acceptors (Lipinski definition) is 2. The van der Waals surface area contributed by atoms with Crippen molar-refractivity contribution in [3.8, 4) is 0 Å². The molecule has 1 unspecified atom stereocenters. The van der Waals surface area contributed by atoms with E-state index in [1.807, 2.05) is 0 Å². The van der Waals surface area contributed by atoms with Crippen molar-refractivity contribution in [1.29, 1.82) is 0 Å². The van der Waals surface area contributed by atoms with E-state index in [4.69, 9.17) is 0 Å². The summed E-state index contributed by atoms with van der Waals surface area (Å²) in [5.41, 5.74) is 1.25. The number of hydrogen-bond donors (Lipinski definition) is 1. The van der Waals surface area contributed by atoms with Gasteiger partial charge in [-0.15, -0.1) is 0 Å². The van der Waals surface area contributed by atoms with Gasteiger partial charge in [0.05, 0.1) is 0 Å². The lowest BCUT2D eigenvalue weighted by Crippen LogP contribution is -2.20. The molecule has 0 amide bonds. The molecule has 0 aliphatic rings. The van der Waals surface area contributed by atoms with Crippen molar-refractivity contribution in [2.45, 2.75) is 26.8 Å². The minimum atomic E-state index is 0.560. The molecule has 62 valence electrons. The molecule has 1 atom stereocenters. The van der Waals surface area contributed by atoms with E-state index in [0.29, 0.717) is 12.0 Å². The summed E-state index contributed by atoms with van der Waals surface area (Å²) in [6.07, 6.45) is 0. The molecule has 1 N–H and O–H groups in total. The summed E-state index contributed by atoms with van der Waals surface area (Å²) in [6, 6.07) is 2.67. The number of thiophene rings is 1. The molecule has 0 fully saturated rings. The van der Waals surface area contributed by atoms with Gasteiger partial charge in [0.25, 0.3) is 0 Å². The molecule has 0 saturated carbocycles. The molecule has 0 aromatic carbocycles. The van der Waals surface area contributed by atoms with E-state index in [1.165, 1.54) is 5.69 Å². The van der Waals surface area contributed by atoms with Crippen LogP contribution in [-0.4, -0.2) is 6.04 Å². The lowest BCUT2D eigenvalue weighted by Gasteiger charge is -2.17. The van der Waals surface area contributed by atoms with E-state index < -0.39 is 0 Å². The second-order valence-corrected chi connectivity index (χ2v) is 3.97. The minimum Gasteiger partial charge on any atom is -0.382 e. The third kappa shape index (κ3) is 2.54. The zero-order valence-electron chi connectivity index (χ0n) is 7.29. The summed E-state index contributed by atoms with van der Waals surface area (Å²) in [4.78, 5) is 0. The Morgan fingerprint density at radius 3 is 2.55 bits per heavy atom. The van der Waals surface area contributed by atoms with Gasteiger partial charge < -0.3 is 5.32 Å². The molecule has 1 rings (SSSR count). The molecule has 0 saturated heterocycles. The van der Waals surface area contributed by atoms with Gasteiger partial charge in [-0.05, 0) is 24.3 Å². The van der Waals surface area contributed by atoms with Crippen molar-refractivity contribution in [2.24, 2.45) is 5.92 Å². The summed E-state index contributed by atoms with van der Waals surface area (Å²) >= 11 is 1.73. The highest BCUT2D eigenvalue weighted by Crippen LogP contribution is 2.15. The molecule has 2 heteroatoms. The van der Waals surface area contributed by atoms with Crippen LogP contribution in [0.2, 0.25) is 0 Å². The molecule has 0 radical (unpaired) electrons. The molecule has 1 heterocycles. The Kier molecular flexibility index (Phi) is 2.94. The maximum atomic E-state index is 3.43. The van der Waals surface area contributed by atoms with Gasteiger partial charge in [-0.1, -0.05) is 13.8 Å². The zero-order valence-corrected chi connectivity index (χ0v) is 8.11. The van der Waals surface area contributed by atoms with Gasteiger partial charge in [-0.3, -0.25) is 0 Å². The van der Waals surface area contributed by atoms with Crippen molar-refractivity contribution in [3.05, 3.63) is 16.8 Å². The Hall–Kier alpha value is -0.500. The Morgan fingerprint density at radius 1 is 1.36 bits per heavy atom. The largest absolute Gasteiger partial charge is 0.382 e. The molecular formula is C9H15NS. The molecule has 0 bridgehead atoms. The van der Waals surface area contributed by atoms with Crippen LogP contribution < -0.4 is 5.32 Å². The van der Waals surface area contributed by atoms with Crippen LogP contribution in [0.4, 0.5) is 5.69 Å². The fourth-order valence-corrected chi connectivity index (χ4v) is 1.37. The van der Waals surface area contributed by atoms with Gasteiger partial charge in [0, 0.05) is 17.1 Å². The van der Waals surface area contributed by atoms with Gasteiger partial charge in [0.1, 0.15) is 0 Å². The quantitative estimate of drug-likeness (QED) is 0.732. The lowest BCUT2D eigenvalue weighted by atomic mass is 10.1. The van der Waals surface area contributed by atoms with Crippen LogP contribution in [-0.2, 0) is 0 Å². The van der Waals surface area contributed by atoms with Gasteiger partial charge in [-0.2, -0.15) is 11.3 Å². The minimum absolute atomic E-state index is 0.560. The fraction of sp³-hybridized carbons (Fsp3) is 0.556. The topological polar surface area (TPSA) is 12.0 Å². The summed E-state index contributed by atoms with van der Waals surface area (Å²) < 4.78 is 0. The van der Waals surface area contributed by atoms with Crippen LogP contribution in [0, 0.1) is 5.92 Å². The number of anilines is 1. The second-order valence-electron chi connectivity index (χ2n) is 3.19. The van der Waals surface area contributed by atoms with E-state index >= 15 is 0 Å². The summed E-state index contributed by atoms with van der Waals surface area (Å²) in [7, 11) is 0. The van der Waals surface area contributed by atoms with Crippen molar-refractivity contribution >= 4 is 17.0 Å². The molecule has 0 aliphatic carbocycles. The molecule has 1 aromatic heterocycles. The molecule has 1 nitrogen and oxygen atoms in total. The maximum Gasteiger partial charge on any atom is 0.0450 e. The summed E-state index contributed by atoms with van der Waals surface area (Å²) in [5.74, 6) is 0.690. The molecule has 0 aliphatic heterocycles. The van der Waals surface area contributed by atoms with Crippen LogP contribution in [0.3, 0.4) is 0 Å². The number of nitrogens with one attached hydrogen (secondary N) is 1. The SMILES string of the molecule is CC(C)C(C)Nc1ccsc1. The Balaban J connectivity index is 2.43. The standard InChI is InChI=1S/C9H15NS/c1-7(2)8(3)10-9-4-5-11-6-9/h4-8,10H,1-3H3. The first kappa shape index (κ1) is 8.60. The normalized spacial score (nSPS) is 13.5. The first-order chi connectivity index (χ1) is 5.20. The van der Waals surface area contributed by atoms with Crippen LogP contribution in [0.5, 0.6) is 0 Å². The zero-order chi connectivity index (χ0) is 8.27. The van der Waals surface area contributed by atoms with E-state index in [1.54, 1.807) is 11.3 Å². The fourth-order valence-electron chi connectivity index (χ4n) is 0.776. The lowest BCUT2D eigenvalue weighted by molar-refractivity contribution is 0.560. The van der Waals surface area contributed by atoms with Gasteiger partial charge >= 0.3 is 0 Å². The summed E-state index contributed by atoms with van der Waals surface area (Å²) in [6.45, 7) is 6.66. The molecular weight excluding hydrogens is 154 g/mol. The number of rotatable bonds is 3. The van der Waals surface area contributed by atoms with Crippen molar-refractivity contribution in [3.63, 3.8) is 0 Å². The van der Waals surface area contributed by atoms with E-state index in [9.17, 15) is 0 Å². The van der Waals surface area contributed by atoms with Crippen LogP contribution >= 0.6 is 11.3 Å².